The lowest BCUT2D eigenvalue weighted by atomic mass is 10.0. The summed E-state index contributed by atoms with van der Waals surface area (Å²) in [5, 5.41) is 5.75. The molecule has 2 saturated heterocycles. The van der Waals surface area contributed by atoms with E-state index in [-0.39, 0.29) is 18.2 Å². The third-order valence-corrected chi connectivity index (χ3v) is 6.14. The monoisotopic (exact) mass is 420 g/mol. The zero-order valence-electron chi connectivity index (χ0n) is 17.1. The molecule has 0 saturated carbocycles. The Morgan fingerprint density at radius 3 is 2.81 bits per heavy atom. The summed E-state index contributed by atoms with van der Waals surface area (Å²) in [6, 6.07) is 9.10. The van der Waals surface area contributed by atoms with Gasteiger partial charge in [-0.05, 0) is 48.2 Å². The molecule has 8 nitrogen and oxygen atoms in total. The van der Waals surface area contributed by atoms with Crippen LogP contribution in [0.15, 0.2) is 36.5 Å². The summed E-state index contributed by atoms with van der Waals surface area (Å²) < 4.78 is 5.43. The number of amides is 3. The van der Waals surface area contributed by atoms with Gasteiger partial charge in [-0.3, -0.25) is 24.7 Å². The van der Waals surface area contributed by atoms with Crippen LogP contribution in [0.2, 0.25) is 0 Å². The van der Waals surface area contributed by atoms with E-state index in [1.54, 1.807) is 17.2 Å². The predicted molar refractivity (Wildman–Crippen MR) is 112 cm³/mol. The van der Waals surface area contributed by atoms with Crippen LogP contribution in [0.5, 0.6) is 0 Å². The van der Waals surface area contributed by atoms with Crippen molar-refractivity contribution in [2.24, 2.45) is 0 Å². The minimum absolute atomic E-state index is 0.167. The second kappa shape index (κ2) is 8.20. The Bertz CT molecular complexity index is 1050. The van der Waals surface area contributed by atoms with Crippen LogP contribution in [0.1, 0.15) is 40.7 Å². The highest BCUT2D eigenvalue weighted by molar-refractivity contribution is 6.05. The molecule has 0 aliphatic carbocycles. The maximum Gasteiger partial charge on any atom is 0.255 e. The molecule has 2 atom stereocenters. The lowest BCUT2D eigenvalue weighted by Crippen LogP contribution is -2.52. The molecule has 31 heavy (non-hydrogen) atoms. The van der Waals surface area contributed by atoms with E-state index in [0.717, 1.165) is 48.5 Å². The molecule has 3 aliphatic heterocycles. The predicted octanol–water partition coefficient (Wildman–Crippen LogP) is 1.39. The molecular weight excluding hydrogens is 396 g/mol. The van der Waals surface area contributed by atoms with E-state index in [9.17, 15) is 14.4 Å². The van der Waals surface area contributed by atoms with Crippen LogP contribution in [0.3, 0.4) is 0 Å². The number of ether oxygens (including phenoxy) is 1. The Hall–Kier alpha value is -3.10. The number of fused-ring (bicyclic) bond motifs is 1. The van der Waals surface area contributed by atoms with Crippen molar-refractivity contribution in [1.29, 1.82) is 0 Å². The standard InChI is InChI=1S/C23H24N4O4/c28-21-4-3-20(22(29)26-21)27-13-16-10-15(1-2-18(16)23(27)30)19-9-14(5-7-25-19)11-24-12-17-6-8-31-17/h1-2,5,7,9-10,17,20,24H,3-4,6,8,11-13H2,(H,26,28,29). The molecule has 2 aromatic rings. The number of rotatable bonds is 6. The van der Waals surface area contributed by atoms with Gasteiger partial charge in [0, 0.05) is 50.0 Å². The summed E-state index contributed by atoms with van der Waals surface area (Å²) in [7, 11) is 0. The van der Waals surface area contributed by atoms with Crippen LogP contribution in [0.25, 0.3) is 11.3 Å². The Labute approximate surface area is 180 Å². The van der Waals surface area contributed by atoms with Gasteiger partial charge in [-0.2, -0.15) is 0 Å². The van der Waals surface area contributed by atoms with Crippen molar-refractivity contribution in [1.82, 2.24) is 20.5 Å². The van der Waals surface area contributed by atoms with Gasteiger partial charge in [0.15, 0.2) is 0 Å². The second-order valence-corrected chi connectivity index (χ2v) is 8.23. The van der Waals surface area contributed by atoms with Gasteiger partial charge < -0.3 is 15.0 Å². The summed E-state index contributed by atoms with van der Waals surface area (Å²) >= 11 is 0. The Morgan fingerprint density at radius 2 is 2.03 bits per heavy atom. The molecule has 2 unspecified atom stereocenters. The molecule has 0 radical (unpaired) electrons. The quantitative estimate of drug-likeness (QED) is 0.685. The van der Waals surface area contributed by atoms with Gasteiger partial charge in [0.2, 0.25) is 11.8 Å². The normalized spacial score (nSPS) is 22.8. The first kappa shape index (κ1) is 19.8. The lowest BCUT2D eigenvalue weighted by Gasteiger charge is -2.29. The van der Waals surface area contributed by atoms with E-state index in [4.69, 9.17) is 4.74 Å². The molecular formula is C23H24N4O4. The largest absolute Gasteiger partial charge is 0.377 e. The highest BCUT2D eigenvalue weighted by Crippen LogP contribution is 2.30. The molecule has 2 N–H and O–H groups in total. The first-order chi connectivity index (χ1) is 15.1. The van der Waals surface area contributed by atoms with Crippen molar-refractivity contribution in [2.75, 3.05) is 13.2 Å². The van der Waals surface area contributed by atoms with Crippen molar-refractivity contribution >= 4 is 17.7 Å². The SMILES string of the molecule is O=C1CCC(N2Cc3cc(-c4cc(CNCC5CCO5)ccn4)ccc3C2=O)C(=O)N1. The van der Waals surface area contributed by atoms with Crippen LogP contribution < -0.4 is 10.6 Å². The van der Waals surface area contributed by atoms with Gasteiger partial charge in [-0.15, -0.1) is 0 Å². The molecule has 1 aromatic heterocycles. The van der Waals surface area contributed by atoms with Crippen molar-refractivity contribution in [3.63, 3.8) is 0 Å². The van der Waals surface area contributed by atoms with Gasteiger partial charge in [0.1, 0.15) is 6.04 Å². The number of hydrogen-bond donors (Lipinski definition) is 2. The number of pyridine rings is 1. The van der Waals surface area contributed by atoms with Crippen LogP contribution in [-0.4, -0.2) is 52.9 Å². The molecule has 4 heterocycles. The fraction of sp³-hybridized carbons (Fsp3) is 0.391. The van der Waals surface area contributed by atoms with Gasteiger partial charge in [-0.1, -0.05) is 6.07 Å². The highest BCUT2D eigenvalue weighted by Gasteiger charge is 2.39. The van der Waals surface area contributed by atoms with E-state index in [0.29, 0.717) is 24.6 Å². The van der Waals surface area contributed by atoms with E-state index < -0.39 is 11.9 Å². The smallest absolute Gasteiger partial charge is 0.255 e. The first-order valence-corrected chi connectivity index (χ1v) is 10.6. The number of nitrogens with one attached hydrogen (secondary N) is 2. The van der Waals surface area contributed by atoms with Gasteiger partial charge in [0.25, 0.3) is 5.91 Å². The molecule has 1 aromatic carbocycles. The molecule has 160 valence electrons. The number of nitrogens with zero attached hydrogens (tertiary/aromatic N) is 2. The Balaban J connectivity index is 1.30. The van der Waals surface area contributed by atoms with Crippen molar-refractivity contribution in [3.05, 3.63) is 53.2 Å². The minimum atomic E-state index is -0.603. The summed E-state index contributed by atoms with van der Waals surface area (Å²) in [4.78, 5) is 42.6. The number of piperidine rings is 1. The summed E-state index contributed by atoms with van der Waals surface area (Å²) in [5.74, 6) is -0.847. The lowest BCUT2D eigenvalue weighted by molar-refractivity contribution is -0.136. The zero-order valence-corrected chi connectivity index (χ0v) is 17.1. The highest BCUT2D eigenvalue weighted by atomic mass is 16.5. The number of imide groups is 1. The van der Waals surface area contributed by atoms with E-state index >= 15 is 0 Å². The van der Waals surface area contributed by atoms with Gasteiger partial charge >= 0.3 is 0 Å². The van der Waals surface area contributed by atoms with Gasteiger partial charge in [0.05, 0.1) is 11.8 Å². The molecule has 8 heteroatoms. The Kier molecular flexibility index (Phi) is 5.25. The maximum absolute atomic E-state index is 12.9. The average Bonchev–Trinajstić information content (AvgIpc) is 3.06. The summed E-state index contributed by atoms with van der Waals surface area (Å²) in [5.41, 5.74) is 4.38. The maximum atomic E-state index is 12.9. The molecule has 2 fully saturated rings. The third kappa shape index (κ3) is 3.96. The fourth-order valence-corrected chi connectivity index (χ4v) is 4.30. The molecule has 0 bridgehead atoms. The second-order valence-electron chi connectivity index (χ2n) is 8.23. The first-order valence-electron chi connectivity index (χ1n) is 10.6. The third-order valence-electron chi connectivity index (χ3n) is 6.14. The molecule has 3 amide bonds. The van der Waals surface area contributed by atoms with E-state index in [1.807, 2.05) is 24.3 Å². The van der Waals surface area contributed by atoms with Crippen molar-refractivity contribution in [3.8, 4) is 11.3 Å². The number of carbonyl (C=O) groups is 3. The van der Waals surface area contributed by atoms with Crippen LogP contribution >= 0.6 is 0 Å². The summed E-state index contributed by atoms with van der Waals surface area (Å²) in [6.07, 6.45) is 3.83. The average molecular weight is 420 g/mol. The van der Waals surface area contributed by atoms with Crippen molar-refractivity contribution in [2.45, 2.75) is 44.5 Å². The minimum Gasteiger partial charge on any atom is -0.377 e. The van der Waals surface area contributed by atoms with Crippen LogP contribution in [0.4, 0.5) is 0 Å². The fourth-order valence-electron chi connectivity index (χ4n) is 4.30. The Morgan fingerprint density at radius 1 is 1.16 bits per heavy atom. The van der Waals surface area contributed by atoms with E-state index in [2.05, 4.69) is 15.6 Å². The number of benzene rings is 1. The zero-order chi connectivity index (χ0) is 21.4. The number of carbonyl (C=O) groups excluding carboxylic acids is 3. The summed E-state index contributed by atoms with van der Waals surface area (Å²) in [6.45, 7) is 2.79. The van der Waals surface area contributed by atoms with Crippen LogP contribution in [0, 0.1) is 0 Å². The van der Waals surface area contributed by atoms with Gasteiger partial charge in [-0.25, -0.2) is 0 Å². The van der Waals surface area contributed by atoms with E-state index in [1.165, 1.54) is 0 Å². The van der Waals surface area contributed by atoms with Crippen LogP contribution in [-0.2, 0) is 27.4 Å². The molecule has 3 aliphatic rings. The topological polar surface area (TPSA) is 101 Å². The number of aromatic nitrogens is 1. The molecule has 5 rings (SSSR count). The number of hydrogen-bond acceptors (Lipinski definition) is 6. The van der Waals surface area contributed by atoms with Crippen molar-refractivity contribution < 1.29 is 19.1 Å². The molecule has 0 spiro atoms.